The molecule has 0 radical (unpaired) electrons. The Labute approximate surface area is 156 Å². The van der Waals surface area contributed by atoms with Crippen LogP contribution in [0.3, 0.4) is 0 Å². The summed E-state index contributed by atoms with van der Waals surface area (Å²) >= 11 is 0. The summed E-state index contributed by atoms with van der Waals surface area (Å²) in [4.78, 5) is 15.3. The normalized spacial score (nSPS) is 23.8. The van der Waals surface area contributed by atoms with Crippen molar-refractivity contribution in [3.63, 3.8) is 0 Å². The highest BCUT2D eigenvalue weighted by atomic mass is 16.7. The van der Waals surface area contributed by atoms with Gasteiger partial charge in [0.25, 0.3) is 0 Å². The fraction of sp³-hybridized carbons (Fsp3) is 0.800. The van der Waals surface area contributed by atoms with Crippen molar-refractivity contribution >= 4 is 5.91 Å². The van der Waals surface area contributed by atoms with Gasteiger partial charge in [0.05, 0.1) is 24.5 Å². The van der Waals surface area contributed by atoms with E-state index in [0.29, 0.717) is 19.7 Å². The molecule has 26 heavy (non-hydrogen) atoms. The Morgan fingerprint density at radius 2 is 2.00 bits per heavy atom. The largest absolute Gasteiger partial charge is 0.348 e. The molecule has 0 N–H and O–H groups in total. The minimum Gasteiger partial charge on any atom is -0.348 e. The summed E-state index contributed by atoms with van der Waals surface area (Å²) < 4.78 is 13.5. The first kappa shape index (κ1) is 19.4. The summed E-state index contributed by atoms with van der Waals surface area (Å²) in [5.74, 6) is -0.161. The van der Waals surface area contributed by atoms with Crippen LogP contribution in [0.4, 0.5) is 0 Å². The van der Waals surface area contributed by atoms with Crippen LogP contribution in [0, 0.1) is 12.8 Å². The number of aromatic nitrogens is 2. The number of nitrogens with zero attached hydrogens (tertiary/aromatic N) is 3. The van der Waals surface area contributed by atoms with E-state index in [1.807, 2.05) is 37.4 Å². The number of ether oxygens (including phenoxy) is 2. The van der Waals surface area contributed by atoms with E-state index >= 15 is 0 Å². The lowest BCUT2D eigenvalue weighted by Gasteiger charge is -2.29. The minimum atomic E-state index is -0.565. The summed E-state index contributed by atoms with van der Waals surface area (Å²) in [7, 11) is 1.94. The number of carbonyl (C=O) groups excluding carboxylic acids is 1. The van der Waals surface area contributed by atoms with Crippen LogP contribution in [0.15, 0.2) is 6.07 Å². The van der Waals surface area contributed by atoms with Gasteiger partial charge < -0.3 is 14.4 Å². The van der Waals surface area contributed by atoms with Gasteiger partial charge in [0.1, 0.15) is 6.10 Å². The van der Waals surface area contributed by atoms with Gasteiger partial charge in [-0.1, -0.05) is 25.7 Å². The average molecular weight is 364 g/mol. The topological polar surface area (TPSA) is 56.6 Å². The lowest BCUT2D eigenvalue weighted by molar-refractivity contribution is -0.149. The van der Waals surface area contributed by atoms with Crippen LogP contribution in [0.25, 0.3) is 0 Å². The van der Waals surface area contributed by atoms with Gasteiger partial charge in [-0.2, -0.15) is 5.10 Å². The molecule has 6 nitrogen and oxygen atoms in total. The van der Waals surface area contributed by atoms with Crippen molar-refractivity contribution in [2.24, 2.45) is 13.0 Å². The molecule has 1 aliphatic carbocycles. The van der Waals surface area contributed by atoms with Crippen molar-refractivity contribution in [3.8, 4) is 0 Å². The second kappa shape index (κ2) is 8.09. The Balaban J connectivity index is 1.73. The summed E-state index contributed by atoms with van der Waals surface area (Å²) in [6.07, 6.45) is 6.75. The van der Waals surface area contributed by atoms with Crippen molar-refractivity contribution < 1.29 is 14.3 Å². The van der Waals surface area contributed by atoms with Crippen molar-refractivity contribution in [2.75, 3.05) is 13.2 Å². The Morgan fingerprint density at radius 1 is 1.31 bits per heavy atom. The zero-order valence-corrected chi connectivity index (χ0v) is 16.7. The van der Waals surface area contributed by atoms with Gasteiger partial charge in [-0.15, -0.1) is 0 Å². The van der Waals surface area contributed by atoms with Gasteiger partial charge in [-0.3, -0.25) is 9.48 Å². The van der Waals surface area contributed by atoms with Gasteiger partial charge in [-0.25, -0.2) is 0 Å². The number of amides is 1. The molecule has 2 fully saturated rings. The van der Waals surface area contributed by atoms with E-state index in [0.717, 1.165) is 37.1 Å². The number of rotatable bonds is 5. The first-order chi connectivity index (χ1) is 12.3. The van der Waals surface area contributed by atoms with Gasteiger partial charge in [-0.05, 0) is 39.7 Å². The van der Waals surface area contributed by atoms with E-state index in [1.54, 1.807) is 0 Å². The molecular weight excluding hydrogens is 330 g/mol. The van der Waals surface area contributed by atoms with Crippen molar-refractivity contribution in [3.05, 3.63) is 17.5 Å². The number of carbonyl (C=O) groups is 1. The molecular formula is C20H33N3O3. The minimum absolute atomic E-state index is 0.0750. The molecule has 1 amide bonds. The van der Waals surface area contributed by atoms with E-state index in [2.05, 4.69) is 11.2 Å². The summed E-state index contributed by atoms with van der Waals surface area (Å²) in [5, 5.41) is 4.43. The number of hydrogen-bond acceptors (Lipinski definition) is 4. The molecule has 1 aliphatic heterocycles. The van der Waals surface area contributed by atoms with Gasteiger partial charge in [0.2, 0.25) is 5.91 Å². The van der Waals surface area contributed by atoms with Gasteiger partial charge in [0, 0.05) is 19.5 Å². The molecule has 3 rings (SSSR count). The summed E-state index contributed by atoms with van der Waals surface area (Å²) in [5.41, 5.74) is 2.04. The van der Waals surface area contributed by atoms with Crippen LogP contribution in [-0.4, -0.2) is 45.6 Å². The van der Waals surface area contributed by atoms with E-state index in [4.69, 9.17) is 9.47 Å². The van der Waals surface area contributed by atoms with E-state index in [1.165, 1.54) is 12.8 Å². The molecule has 1 aromatic rings. The predicted molar refractivity (Wildman–Crippen MR) is 99.5 cm³/mol. The SMILES string of the molecule is Cc1cc(CN(C[C@H]2COC(C)(C)O2)C(=O)C2CCCCCC2)n(C)n1. The van der Waals surface area contributed by atoms with Gasteiger partial charge in [0.15, 0.2) is 5.79 Å². The zero-order valence-electron chi connectivity index (χ0n) is 16.7. The number of aryl methyl sites for hydroxylation is 2. The van der Waals surface area contributed by atoms with Gasteiger partial charge >= 0.3 is 0 Å². The quantitative estimate of drug-likeness (QED) is 0.754. The molecule has 0 unspecified atom stereocenters. The molecule has 1 saturated carbocycles. The zero-order chi connectivity index (χ0) is 18.7. The molecule has 146 valence electrons. The maximum atomic E-state index is 13.3. The first-order valence-electron chi connectivity index (χ1n) is 9.94. The monoisotopic (exact) mass is 363 g/mol. The van der Waals surface area contributed by atoms with E-state index in [9.17, 15) is 4.79 Å². The molecule has 6 heteroatoms. The Kier molecular flexibility index (Phi) is 6.03. The third kappa shape index (κ3) is 4.86. The van der Waals surface area contributed by atoms with Crippen LogP contribution in [0.5, 0.6) is 0 Å². The lowest BCUT2D eigenvalue weighted by atomic mass is 9.98. The van der Waals surface area contributed by atoms with Crippen LogP contribution in [-0.2, 0) is 27.9 Å². The van der Waals surface area contributed by atoms with Crippen LogP contribution < -0.4 is 0 Å². The highest BCUT2D eigenvalue weighted by Gasteiger charge is 2.36. The molecule has 1 saturated heterocycles. The van der Waals surface area contributed by atoms with Crippen molar-refractivity contribution in [1.82, 2.24) is 14.7 Å². The Morgan fingerprint density at radius 3 is 2.54 bits per heavy atom. The first-order valence-corrected chi connectivity index (χ1v) is 9.94. The Hall–Kier alpha value is -1.40. The standard InChI is InChI=1S/C20H33N3O3/c1-15-11-17(22(4)21-15)12-23(13-18-14-25-20(2,3)26-18)19(24)16-9-7-5-6-8-10-16/h11,16,18H,5-10,12-14H2,1-4H3/t18-/m0/s1. The smallest absolute Gasteiger partial charge is 0.226 e. The molecule has 0 spiro atoms. The van der Waals surface area contributed by atoms with Crippen LogP contribution >= 0.6 is 0 Å². The molecule has 0 aromatic carbocycles. The molecule has 2 aliphatic rings. The fourth-order valence-corrected chi connectivity index (χ4v) is 4.12. The van der Waals surface area contributed by atoms with E-state index in [-0.39, 0.29) is 17.9 Å². The Bertz CT molecular complexity index is 618. The second-order valence-corrected chi connectivity index (χ2v) is 8.26. The predicted octanol–water partition coefficient (Wildman–Crippen LogP) is 3.18. The highest BCUT2D eigenvalue weighted by molar-refractivity contribution is 5.78. The third-order valence-electron chi connectivity index (χ3n) is 5.46. The number of hydrogen-bond donors (Lipinski definition) is 0. The average Bonchev–Trinajstić information content (AvgIpc) is 2.94. The maximum Gasteiger partial charge on any atom is 0.226 e. The fourth-order valence-electron chi connectivity index (χ4n) is 4.12. The molecule has 0 bridgehead atoms. The molecule has 2 heterocycles. The van der Waals surface area contributed by atoms with Crippen LogP contribution in [0.1, 0.15) is 63.8 Å². The molecule has 1 atom stereocenters. The third-order valence-corrected chi connectivity index (χ3v) is 5.46. The maximum absolute atomic E-state index is 13.3. The van der Waals surface area contributed by atoms with Crippen LogP contribution in [0.2, 0.25) is 0 Å². The van der Waals surface area contributed by atoms with E-state index < -0.39 is 5.79 Å². The van der Waals surface area contributed by atoms with Crippen molar-refractivity contribution in [1.29, 1.82) is 0 Å². The summed E-state index contributed by atoms with van der Waals surface area (Å²) in [6, 6.07) is 2.06. The highest BCUT2D eigenvalue weighted by Crippen LogP contribution is 2.27. The second-order valence-electron chi connectivity index (χ2n) is 8.26. The summed E-state index contributed by atoms with van der Waals surface area (Å²) in [6.45, 7) is 7.52. The molecule has 1 aromatic heterocycles. The lowest BCUT2D eigenvalue weighted by Crippen LogP contribution is -2.42. The van der Waals surface area contributed by atoms with Crippen molar-refractivity contribution in [2.45, 2.75) is 77.7 Å².